The van der Waals surface area contributed by atoms with Crippen molar-refractivity contribution in [3.8, 4) is 0 Å². The van der Waals surface area contributed by atoms with Crippen LogP contribution in [0, 0.1) is 12.3 Å². The second-order valence-electron chi connectivity index (χ2n) is 8.83. The van der Waals surface area contributed by atoms with E-state index < -0.39 is 35.5 Å². The molecular formula is C19H24F3N3O3. The number of hydrogen-bond donors (Lipinski definition) is 1. The molecule has 0 spiro atoms. The molecule has 1 saturated heterocycles. The Labute approximate surface area is 161 Å². The summed E-state index contributed by atoms with van der Waals surface area (Å²) in [5, 5.41) is 2.47. The Balaban J connectivity index is 1.81. The highest BCUT2D eigenvalue weighted by atomic mass is 19.4. The summed E-state index contributed by atoms with van der Waals surface area (Å²) >= 11 is 0. The summed E-state index contributed by atoms with van der Waals surface area (Å²) in [4.78, 5) is 30.4. The SMILES string of the molecule is Cc1ccc(C(F)(F)F)nc1NC(=O)[C@@H]1C[C@@]2(C)C[C@H]2N1C(=O)OC(C)(C)C. The number of aryl methyl sites for hydroxylation is 1. The van der Waals surface area contributed by atoms with Crippen LogP contribution in [0.4, 0.5) is 23.8 Å². The van der Waals surface area contributed by atoms with Crippen LogP contribution in [0.3, 0.4) is 0 Å². The lowest BCUT2D eigenvalue weighted by molar-refractivity contribution is -0.141. The molecule has 1 aliphatic heterocycles. The van der Waals surface area contributed by atoms with Crippen molar-refractivity contribution >= 4 is 17.8 Å². The van der Waals surface area contributed by atoms with Crippen LogP contribution in [0.1, 0.15) is 51.8 Å². The van der Waals surface area contributed by atoms with E-state index in [4.69, 9.17) is 4.74 Å². The average Bonchev–Trinajstić information content (AvgIpc) is 3.07. The van der Waals surface area contributed by atoms with Crippen LogP contribution < -0.4 is 5.32 Å². The van der Waals surface area contributed by atoms with Crippen LogP contribution in [0.5, 0.6) is 0 Å². The number of carbonyl (C=O) groups is 2. The number of carbonyl (C=O) groups excluding carboxylic acids is 2. The molecule has 0 aromatic carbocycles. The Hall–Kier alpha value is -2.32. The van der Waals surface area contributed by atoms with E-state index in [2.05, 4.69) is 10.3 Å². The number of halogens is 3. The minimum atomic E-state index is -4.61. The third kappa shape index (κ3) is 3.93. The number of fused-ring (bicyclic) bond motifs is 1. The van der Waals surface area contributed by atoms with Crippen molar-refractivity contribution in [1.82, 2.24) is 9.88 Å². The lowest BCUT2D eigenvalue weighted by Crippen LogP contribution is -2.47. The zero-order chi connectivity index (χ0) is 21.1. The van der Waals surface area contributed by atoms with Crippen molar-refractivity contribution in [3.63, 3.8) is 0 Å². The minimum Gasteiger partial charge on any atom is -0.444 e. The maximum Gasteiger partial charge on any atom is 0.433 e. The third-order valence-electron chi connectivity index (χ3n) is 5.17. The second-order valence-corrected chi connectivity index (χ2v) is 8.83. The number of nitrogens with zero attached hydrogens (tertiary/aromatic N) is 2. The molecule has 1 aliphatic carbocycles. The van der Waals surface area contributed by atoms with Crippen molar-refractivity contribution in [2.24, 2.45) is 5.41 Å². The number of ether oxygens (including phenoxy) is 1. The summed E-state index contributed by atoms with van der Waals surface area (Å²) in [6.07, 6.45) is -4.00. The lowest BCUT2D eigenvalue weighted by Gasteiger charge is -2.29. The second kappa shape index (κ2) is 6.35. The van der Waals surface area contributed by atoms with E-state index in [1.807, 2.05) is 6.92 Å². The number of rotatable bonds is 2. The van der Waals surface area contributed by atoms with Gasteiger partial charge in [-0.05, 0) is 57.6 Å². The van der Waals surface area contributed by atoms with E-state index in [-0.39, 0.29) is 17.3 Å². The summed E-state index contributed by atoms with van der Waals surface area (Å²) in [5.41, 5.74) is -1.57. The van der Waals surface area contributed by atoms with Gasteiger partial charge in [-0.2, -0.15) is 13.2 Å². The van der Waals surface area contributed by atoms with Crippen molar-refractivity contribution in [2.75, 3.05) is 5.32 Å². The molecule has 0 unspecified atom stereocenters. The minimum absolute atomic E-state index is 0.103. The first-order valence-electron chi connectivity index (χ1n) is 9.08. The predicted molar refractivity (Wildman–Crippen MR) is 95.6 cm³/mol. The number of pyridine rings is 1. The molecule has 1 saturated carbocycles. The van der Waals surface area contributed by atoms with E-state index >= 15 is 0 Å². The molecule has 3 rings (SSSR count). The van der Waals surface area contributed by atoms with Gasteiger partial charge in [0.2, 0.25) is 5.91 Å². The number of piperidine rings is 1. The van der Waals surface area contributed by atoms with Gasteiger partial charge in [-0.15, -0.1) is 0 Å². The molecule has 0 radical (unpaired) electrons. The maximum atomic E-state index is 12.9. The van der Waals surface area contributed by atoms with Crippen molar-refractivity contribution < 1.29 is 27.5 Å². The number of likely N-dealkylation sites (tertiary alicyclic amines) is 1. The summed E-state index contributed by atoms with van der Waals surface area (Å²) in [5.74, 6) is -0.719. The number of hydrogen-bond acceptors (Lipinski definition) is 4. The van der Waals surface area contributed by atoms with Crippen molar-refractivity contribution in [3.05, 3.63) is 23.4 Å². The van der Waals surface area contributed by atoms with E-state index in [1.165, 1.54) is 11.0 Å². The normalized spacial score (nSPS) is 26.6. The quantitative estimate of drug-likeness (QED) is 0.812. The fourth-order valence-electron chi connectivity index (χ4n) is 3.59. The molecule has 1 aromatic heterocycles. The number of alkyl halides is 3. The highest BCUT2D eigenvalue weighted by Gasteiger charge is 2.65. The van der Waals surface area contributed by atoms with Crippen molar-refractivity contribution in [1.29, 1.82) is 0 Å². The van der Waals surface area contributed by atoms with Crippen LogP contribution >= 0.6 is 0 Å². The fourth-order valence-corrected chi connectivity index (χ4v) is 3.59. The zero-order valence-corrected chi connectivity index (χ0v) is 16.5. The van der Waals surface area contributed by atoms with E-state index in [9.17, 15) is 22.8 Å². The molecule has 1 N–H and O–H groups in total. The first-order chi connectivity index (χ1) is 12.7. The molecule has 6 nitrogen and oxygen atoms in total. The van der Waals surface area contributed by atoms with Crippen LogP contribution in [0.2, 0.25) is 0 Å². The van der Waals surface area contributed by atoms with Gasteiger partial charge in [0.25, 0.3) is 0 Å². The first-order valence-corrected chi connectivity index (χ1v) is 9.08. The number of anilines is 1. The standard InChI is InChI=1S/C19H24F3N3O3/c1-10-6-7-12(19(20,21)22)23-14(10)24-15(26)11-8-18(5)9-13(18)25(11)16(27)28-17(2,3)4/h6-7,11,13H,8-9H2,1-5H3,(H,23,24,26)/t11-,13+,18-/m0/s1. The molecule has 154 valence electrons. The highest BCUT2D eigenvalue weighted by molar-refractivity contribution is 5.97. The molecule has 28 heavy (non-hydrogen) atoms. The molecule has 2 aliphatic rings. The highest BCUT2D eigenvalue weighted by Crippen LogP contribution is 2.59. The van der Waals surface area contributed by atoms with E-state index in [0.717, 1.165) is 12.5 Å². The Bertz CT molecular complexity index is 819. The van der Waals surface area contributed by atoms with Gasteiger partial charge in [0.15, 0.2) is 0 Å². The van der Waals surface area contributed by atoms with Crippen molar-refractivity contribution in [2.45, 2.75) is 71.3 Å². The number of nitrogens with one attached hydrogen (secondary N) is 1. The number of amides is 2. The van der Waals surface area contributed by atoms with Gasteiger partial charge in [-0.1, -0.05) is 13.0 Å². The maximum absolute atomic E-state index is 12.9. The van der Waals surface area contributed by atoms with Crippen LogP contribution in [0.15, 0.2) is 12.1 Å². The Kier molecular flexibility index (Phi) is 4.63. The molecule has 1 aromatic rings. The van der Waals surface area contributed by atoms with Crippen LogP contribution in [0.25, 0.3) is 0 Å². The lowest BCUT2D eigenvalue weighted by atomic mass is 10.0. The molecule has 2 amide bonds. The smallest absolute Gasteiger partial charge is 0.433 e. The predicted octanol–water partition coefficient (Wildman–Crippen LogP) is 4.14. The monoisotopic (exact) mass is 399 g/mol. The Morgan fingerprint density at radius 3 is 2.46 bits per heavy atom. The molecule has 0 bridgehead atoms. The fraction of sp³-hybridized carbons (Fsp3) is 0.632. The van der Waals surface area contributed by atoms with Gasteiger partial charge in [-0.25, -0.2) is 9.78 Å². The van der Waals surface area contributed by atoms with E-state index in [0.29, 0.717) is 12.0 Å². The van der Waals surface area contributed by atoms with Gasteiger partial charge in [0.1, 0.15) is 23.2 Å². The molecule has 2 fully saturated rings. The third-order valence-corrected chi connectivity index (χ3v) is 5.17. The average molecular weight is 399 g/mol. The van der Waals surface area contributed by atoms with Gasteiger partial charge in [-0.3, -0.25) is 9.69 Å². The molecule has 9 heteroatoms. The largest absolute Gasteiger partial charge is 0.444 e. The Morgan fingerprint density at radius 1 is 1.25 bits per heavy atom. The van der Waals surface area contributed by atoms with Gasteiger partial charge in [0, 0.05) is 6.04 Å². The summed E-state index contributed by atoms with van der Waals surface area (Å²) in [6, 6.07) is 1.21. The van der Waals surface area contributed by atoms with Gasteiger partial charge in [0.05, 0.1) is 0 Å². The van der Waals surface area contributed by atoms with Gasteiger partial charge < -0.3 is 10.1 Å². The molecule has 3 atom stereocenters. The molecule has 2 heterocycles. The van der Waals surface area contributed by atoms with E-state index in [1.54, 1.807) is 27.7 Å². The number of aromatic nitrogens is 1. The van der Waals surface area contributed by atoms with Crippen LogP contribution in [-0.4, -0.2) is 39.6 Å². The summed E-state index contributed by atoms with van der Waals surface area (Å²) in [7, 11) is 0. The van der Waals surface area contributed by atoms with Gasteiger partial charge >= 0.3 is 12.3 Å². The zero-order valence-electron chi connectivity index (χ0n) is 16.5. The first kappa shape index (κ1) is 20.4. The topological polar surface area (TPSA) is 71.5 Å². The van der Waals surface area contributed by atoms with Crippen LogP contribution in [-0.2, 0) is 15.7 Å². The molecular weight excluding hydrogens is 375 g/mol. The summed E-state index contributed by atoms with van der Waals surface area (Å²) < 4.78 is 44.2. The Morgan fingerprint density at radius 2 is 1.89 bits per heavy atom. The summed E-state index contributed by atoms with van der Waals surface area (Å²) in [6.45, 7) is 8.74.